The van der Waals surface area contributed by atoms with Crippen molar-refractivity contribution in [3.05, 3.63) is 65.7 Å². The molecular formula is C21H23N3O3. The van der Waals surface area contributed by atoms with Gasteiger partial charge in [0.15, 0.2) is 11.5 Å². The average Bonchev–Trinajstić information content (AvgIpc) is 3.11. The van der Waals surface area contributed by atoms with Gasteiger partial charge in [0, 0.05) is 12.3 Å². The maximum atomic E-state index is 12.1. The topological polar surface area (TPSA) is 82.6 Å². The fourth-order valence-electron chi connectivity index (χ4n) is 3.97. The normalized spacial score (nSPS) is 27.4. The summed E-state index contributed by atoms with van der Waals surface area (Å²) >= 11 is 0. The monoisotopic (exact) mass is 365 g/mol. The standard InChI is InChI=1S/C21H23N3O3/c1-27-17-11-13(8-10-16(17)25)7-9-15-12-18(26)22-21-19(15)20(23-24-21)14-5-3-2-4-6-14/h2-11,15,19-21,23-25H,12H2,1H3,(H,22,26)/b9-7+. The fraction of sp³-hybridized carbons (Fsp3) is 0.286. The van der Waals surface area contributed by atoms with Crippen LogP contribution in [0.2, 0.25) is 0 Å². The van der Waals surface area contributed by atoms with Gasteiger partial charge in [-0.15, -0.1) is 0 Å². The van der Waals surface area contributed by atoms with Gasteiger partial charge in [0.2, 0.25) is 5.91 Å². The molecule has 6 heteroatoms. The third-order valence-electron chi connectivity index (χ3n) is 5.29. The maximum absolute atomic E-state index is 12.1. The van der Waals surface area contributed by atoms with E-state index in [2.05, 4.69) is 34.4 Å². The molecule has 2 aliphatic heterocycles. The summed E-state index contributed by atoms with van der Waals surface area (Å²) in [6.07, 6.45) is 4.41. The van der Waals surface area contributed by atoms with E-state index >= 15 is 0 Å². The lowest BCUT2D eigenvalue weighted by atomic mass is 9.77. The molecule has 0 aliphatic carbocycles. The Morgan fingerprint density at radius 1 is 1.15 bits per heavy atom. The van der Waals surface area contributed by atoms with Crippen molar-refractivity contribution in [1.82, 2.24) is 16.2 Å². The minimum absolute atomic E-state index is 0.0391. The van der Waals surface area contributed by atoms with Crippen LogP contribution in [0.25, 0.3) is 6.08 Å². The van der Waals surface area contributed by atoms with E-state index in [1.807, 2.05) is 30.3 Å². The summed E-state index contributed by atoms with van der Waals surface area (Å²) in [5, 5.41) is 12.8. The van der Waals surface area contributed by atoms with Crippen LogP contribution in [0.15, 0.2) is 54.6 Å². The number of aromatic hydroxyl groups is 1. The number of carbonyl (C=O) groups is 1. The predicted molar refractivity (Wildman–Crippen MR) is 103 cm³/mol. The van der Waals surface area contributed by atoms with E-state index in [-0.39, 0.29) is 35.7 Å². The number of amides is 1. The van der Waals surface area contributed by atoms with Gasteiger partial charge < -0.3 is 15.2 Å². The molecular weight excluding hydrogens is 342 g/mol. The number of carbonyl (C=O) groups excluding carboxylic acids is 1. The molecule has 140 valence electrons. The van der Waals surface area contributed by atoms with E-state index in [4.69, 9.17) is 4.74 Å². The number of ether oxygens (including phenoxy) is 1. The van der Waals surface area contributed by atoms with Gasteiger partial charge in [0.25, 0.3) is 0 Å². The molecule has 4 rings (SSSR count). The van der Waals surface area contributed by atoms with Crippen LogP contribution in [0.1, 0.15) is 23.6 Å². The van der Waals surface area contributed by atoms with Crippen LogP contribution in [0.3, 0.4) is 0 Å². The first kappa shape index (κ1) is 17.6. The molecule has 0 saturated carbocycles. The van der Waals surface area contributed by atoms with Crippen molar-refractivity contribution in [2.24, 2.45) is 11.8 Å². The lowest BCUT2D eigenvalue weighted by molar-refractivity contribution is -0.125. The van der Waals surface area contributed by atoms with Gasteiger partial charge in [-0.1, -0.05) is 48.6 Å². The highest BCUT2D eigenvalue weighted by molar-refractivity contribution is 5.78. The van der Waals surface area contributed by atoms with E-state index in [1.54, 1.807) is 12.1 Å². The molecule has 2 fully saturated rings. The van der Waals surface area contributed by atoms with Gasteiger partial charge in [0.1, 0.15) is 0 Å². The van der Waals surface area contributed by atoms with Crippen LogP contribution in [-0.4, -0.2) is 24.3 Å². The molecule has 27 heavy (non-hydrogen) atoms. The van der Waals surface area contributed by atoms with Crippen LogP contribution < -0.4 is 20.9 Å². The van der Waals surface area contributed by atoms with Crippen molar-refractivity contribution >= 4 is 12.0 Å². The molecule has 2 aromatic carbocycles. The molecule has 2 aliphatic rings. The van der Waals surface area contributed by atoms with Gasteiger partial charge in [0.05, 0.1) is 19.3 Å². The first-order chi connectivity index (χ1) is 13.2. The van der Waals surface area contributed by atoms with Crippen molar-refractivity contribution in [3.8, 4) is 11.5 Å². The first-order valence-electron chi connectivity index (χ1n) is 9.06. The number of allylic oxidation sites excluding steroid dienone is 1. The van der Waals surface area contributed by atoms with E-state index < -0.39 is 0 Å². The Morgan fingerprint density at radius 3 is 2.74 bits per heavy atom. The molecule has 2 aromatic rings. The predicted octanol–water partition coefficient (Wildman–Crippen LogP) is 2.34. The summed E-state index contributed by atoms with van der Waals surface area (Å²) < 4.78 is 5.17. The van der Waals surface area contributed by atoms with Crippen molar-refractivity contribution in [2.45, 2.75) is 18.6 Å². The zero-order chi connectivity index (χ0) is 18.8. The second kappa shape index (κ2) is 7.42. The maximum Gasteiger partial charge on any atom is 0.221 e. The van der Waals surface area contributed by atoms with E-state index in [0.29, 0.717) is 12.2 Å². The van der Waals surface area contributed by atoms with E-state index in [9.17, 15) is 9.90 Å². The van der Waals surface area contributed by atoms with Crippen LogP contribution in [0.4, 0.5) is 0 Å². The fourth-order valence-corrected chi connectivity index (χ4v) is 3.97. The Kier molecular flexibility index (Phi) is 4.83. The lowest BCUT2D eigenvalue weighted by Gasteiger charge is -2.34. The molecule has 2 saturated heterocycles. The zero-order valence-corrected chi connectivity index (χ0v) is 15.1. The van der Waals surface area contributed by atoms with E-state index in [0.717, 1.165) is 5.56 Å². The Morgan fingerprint density at radius 2 is 1.96 bits per heavy atom. The minimum atomic E-state index is -0.111. The summed E-state index contributed by atoms with van der Waals surface area (Å²) in [5.74, 6) is 0.858. The van der Waals surface area contributed by atoms with Gasteiger partial charge in [-0.2, -0.15) is 0 Å². The molecule has 0 radical (unpaired) electrons. The Bertz CT molecular complexity index is 853. The number of methoxy groups -OCH3 is 1. The number of hydrazine groups is 1. The summed E-state index contributed by atoms with van der Waals surface area (Å²) in [5.41, 5.74) is 8.67. The highest BCUT2D eigenvalue weighted by Crippen LogP contribution is 2.38. The average molecular weight is 365 g/mol. The summed E-state index contributed by atoms with van der Waals surface area (Å²) in [6, 6.07) is 15.6. The van der Waals surface area contributed by atoms with Gasteiger partial charge in [-0.25, -0.2) is 10.9 Å². The highest BCUT2D eigenvalue weighted by atomic mass is 16.5. The summed E-state index contributed by atoms with van der Waals surface area (Å²) in [6.45, 7) is 0. The largest absolute Gasteiger partial charge is 0.504 e. The van der Waals surface area contributed by atoms with Crippen molar-refractivity contribution in [1.29, 1.82) is 0 Å². The molecule has 6 nitrogen and oxygen atoms in total. The molecule has 2 heterocycles. The van der Waals surface area contributed by atoms with Crippen LogP contribution in [0.5, 0.6) is 11.5 Å². The quantitative estimate of drug-likeness (QED) is 0.669. The minimum Gasteiger partial charge on any atom is -0.504 e. The second-order valence-corrected chi connectivity index (χ2v) is 6.96. The lowest BCUT2D eigenvalue weighted by Crippen LogP contribution is -2.52. The number of benzene rings is 2. The zero-order valence-electron chi connectivity index (χ0n) is 15.1. The number of hydrogen-bond acceptors (Lipinski definition) is 5. The van der Waals surface area contributed by atoms with Crippen LogP contribution in [0, 0.1) is 11.8 Å². The smallest absolute Gasteiger partial charge is 0.221 e. The third-order valence-corrected chi connectivity index (χ3v) is 5.29. The first-order valence-corrected chi connectivity index (χ1v) is 9.06. The number of hydrogen-bond donors (Lipinski definition) is 4. The van der Waals surface area contributed by atoms with Crippen molar-refractivity contribution in [2.75, 3.05) is 7.11 Å². The molecule has 1 amide bonds. The van der Waals surface area contributed by atoms with Crippen molar-refractivity contribution < 1.29 is 14.6 Å². The number of nitrogens with one attached hydrogen (secondary N) is 3. The molecule has 4 atom stereocenters. The number of fused-ring (bicyclic) bond motifs is 1. The SMILES string of the molecule is COc1cc(/C=C/C2CC(=O)NC3NNC(c4ccccc4)C23)ccc1O. The van der Waals surface area contributed by atoms with Crippen LogP contribution >= 0.6 is 0 Å². The highest BCUT2D eigenvalue weighted by Gasteiger charge is 2.45. The second-order valence-electron chi connectivity index (χ2n) is 6.96. The Balaban J connectivity index is 1.60. The van der Waals surface area contributed by atoms with Gasteiger partial charge in [-0.3, -0.25) is 4.79 Å². The Hall–Kier alpha value is -2.83. The van der Waals surface area contributed by atoms with Crippen molar-refractivity contribution in [3.63, 3.8) is 0 Å². The van der Waals surface area contributed by atoms with Gasteiger partial charge >= 0.3 is 0 Å². The molecule has 0 aromatic heterocycles. The molecule has 4 N–H and O–H groups in total. The third kappa shape index (κ3) is 3.54. The summed E-state index contributed by atoms with van der Waals surface area (Å²) in [7, 11) is 1.53. The number of phenolic OH excluding ortho intramolecular Hbond substituents is 1. The van der Waals surface area contributed by atoms with Gasteiger partial charge in [-0.05, 0) is 29.2 Å². The Labute approximate surface area is 158 Å². The summed E-state index contributed by atoms with van der Waals surface area (Å²) in [4.78, 5) is 12.1. The number of phenols is 1. The van der Waals surface area contributed by atoms with E-state index in [1.165, 1.54) is 12.7 Å². The molecule has 0 bridgehead atoms. The number of piperidine rings is 1. The molecule has 0 spiro atoms. The van der Waals surface area contributed by atoms with Crippen LogP contribution in [-0.2, 0) is 4.79 Å². The molecule has 4 unspecified atom stereocenters. The number of rotatable bonds is 4.